The van der Waals surface area contributed by atoms with Gasteiger partial charge >= 0.3 is 5.97 Å². The fraction of sp³-hybridized carbons (Fsp3) is 0.895. The lowest BCUT2D eigenvalue weighted by Gasteiger charge is -2.42. The molecule has 0 saturated carbocycles. The largest absolute Gasteiger partial charge is 0.480 e. The number of aliphatic carboxylic acids is 1. The molecule has 0 radical (unpaired) electrons. The number of carboxylic acids is 1. The van der Waals surface area contributed by atoms with Gasteiger partial charge in [0.05, 0.1) is 13.1 Å². The van der Waals surface area contributed by atoms with Gasteiger partial charge in [-0.15, -0.1) is 0 Å². The summed E-state index contributed by atoms with van der Waals surface area (Å²) in [7, 11) is 0. The molecule has 3 saturated heterocycles. The smallest absolute Gasteiger partial charge is 0.317 e. The maximum Gasteiger partial charge on any atom is 0.317 e. The first-order chi connectivity index (χ1) is 12.6. The quantitative estimate of drug-likeness (QED) is 0.682. The highest BCUT2D eigenvalue weighted by Gasteiger charge is 2.31. The normalized spacial score (nSPS) is 24.9. The molecule has 0 aliphatic carbocycles. The fourth-order valence-electron chi connectivity index (χ4n) is 4.65. The van der Waals surface area contributed by atoms with Gasteiger partial charge in [-0.25, -0.2) is 0 Å². The lowest BCUT2D eigenvalue weighted by Crippen LogP contribution is -2.56. The summed E-state index contributed by atoms with van der Waals surface area (Å²) in [6.45, 7) is 7.33. The van der Waals surface area contributed by atoms with Crippen LogP contribution in [0.3, 0.4) is 0 Å². The third kappa shape index (κ3) is 5.66. The Balaban J connectivity index is 1.34. The van der Waals surface area contributed by atoms with Crippen molar-refractivity contribution in [3.63, 3.8) is 0 Å². The van der Waals surface area contributed by atoms with Crippen LogP contribution >= 0.6 is 0 Å². The number of nitrogens with one attached hydrogen (secondary N) is 1. The number of hydrogen-bond donors (Lipinski definition) is 2. The highest BCUT2D eigenvalue weighted by molar-refractivity contribution is 5.79. The molecule has 0 atom stereocenters. The molecule has 3 heterocycles. The van der Waals surface area contributed by atoms with E-state index in [-0.39, 0.29) is 12.5 Å². The monoisotopic (exact) mass is 366 g/mol. The summed E-state index contributed by atoms with van der Waals surface area (Å²) in [5.41, 5.74) is 0. The lowest BCUT2D eigenvalue weighted by atomic mass is 9.93. The zero-order valence-corrected chi connectivity index (χ0v) is 15.9. The lowest BCUT2D eigenvalue weighted by molar-refractivity contribution is -0.139. The Morgan fingerprint density at radius 2 is 1.81 bits per heavy atom. The van der Waals surface area contributed by atoms with Crippen molar-refractivity contribution in [3.8, 4) is 0 Å². The van der Waals surface area contributed by atoms with Gasteiger partial charge in [0.2, 0.25) is 5.91 Å². The molecule has 3 aliphatic rings. The number of rotatable bonds is 7. The van der Waals surface area contributed by atoms with Gasteiger partial charge in [-0.1, -0.05) is 0 Å². The first-order valence-electron chi connectivity index (χ1n) is 10.3. The number of hydrogen-bond acceptors (Lipinski definition) is 5. The Kier molecular flexibility index (Phi) is 7.28. The first-order valence-corrected chi connectivity index (χ1v) is 10.3. The maximum absolute atomic E-state index is 12.5. The van der Waals surface area contributed by atoms with Crippen molar-refractivity contribution in [2.75, 3.05) is 58.9 Å². The van der Waals surface area contributed by atoms with Crippen LogP contribution in [0, 0.1) is 5.92 Å². The first kappa shape index (κ1) is 19.6. The van der Waals surface area contributed by atoms with Gasteiger partial charge in [-0.2, -0.15) is 0 Å². The number of piperidine rings is 2. The van der Waals surface area contributed by atoms with E-state index in [2.05, 4.69) is 15.1 Å². The van der Waals surface area contributed by atoms with Crippen molar-refractivity contribution >= 4 is 11.9 Å². The molecule has 26 heavy (non-hydrogen) atoms. The molecule has 0 aromatic rings. The van der Waals surface area contributed by atoms with Gasteiger partial charge in [0.1, 0.15) is 0 Å². The van der Waals surface area contributed by atoms with Crippen LogP contribution < -0.4 is 5.32 Å². The fourth-order valence-corrected chi connectivity index (χ4v) is 4.65. The van der Waals surface area contributed by atoms with Crippen LogP contribution in [0.4, 0.5) is 0 Å². The second kappa shape index (κ2) is 9.67. The zero-order valence-electron chi connectivity index (χ0n) is 15.9. The molecule has 148 valence electrons. The second-order valence-electron chi connectivity index (χ2n) is 8.09. The van der Waals surface area contributed by atoms with Gasteiger partial charge in [-0.05, 0) is 57.5 Å². The van der Waals surface area contributed by atoms with Gasteiger partial charge in [0.25, 0.3) is 0 Å². The van der Waals surface area contributed by atoms with Crippen LogP contribution in [0.1, 0.15) is 38.5 Å². The topological polar surface area (TPSA) is 76.1 Å². The van der Waals surface area contributed by atoms with Crippen LogP contribution in [-0.2, 0) is 9.59 Å². The second-order valence-corrected chi connectivity index (χ2v) is 8.09. The molecule has 0 spiro atoms. The molecule has 2 N–H and O–H groups in total. The highest BCUT2D eigenvalue weighted by atomic mass is 16.4. The van der Waals surface area contributed by atoms with Crippen molar-refractivity contribution in [2.24, 2.45) is 5.92 Å². The molecule has 0 aromatic carbocycles. The van der Waals surface area contributed by atoms with Gasteiger partial charge in [0.15, 0.2) is 0 Å². The Morgan fingerprint density at radius 3 is 2.46 bits per heavy atom. The van der Waals surface area contributed by atoms with E-state index in [4.69, 9.17) is 5.11 Å². The number of carbonyl (C=O) groups excluding carboxylic acids is 1. The van der Waals surface area contributed by atoms with Crippen LogP contribution in [0.2, 0.25) is 0 Å². The number of piperazine rings is 1. The summed E-state index contributed by atoms with van der Waals surface area (Å²) in [5, 5.41) is 12.3. The van der Waals surface area contributed by atoms with E-state index in [1.54, 1.807) is 0 Å². The molecule has 3 rings (SSSR count). The number of likely N-dealkylation sites (tertiary alicyclic amines) is 1. The molecule has 7 nitrogen and oxygen atoms in total. The van der Waals surface area contributed by atoms with E-state index in [9.17, 15) is 9.59 Å². The highest BCUT2D eigenvalue weighted by Crippen LogP contribution is 2.20. The molecule has 3 fully saturated rings. The molecule has 0 bridgehead atoms. The summed E-state index contributed by atoms with van der Waals surface area (Å²) in [6.07, 6.45) is 6.87. The van der Waals surface area contributed by atoms with Crippen LogP contribution in [-0.4, -0.2) is 96.6 Å². The van der Waals surface area contributed by atoms with E-state index in [0.717, 1.165) is 71.0 Å². The van der Waals surface area contributed by atoms with E-state index < -0.39 is 5.97 Å². The van der Waals surface area contributed by atoms with Gasteiger partial charge < -0.3 is 15.3 Å². The predicted molar refractivity (Wildman–Crippen MR) is 100 cm³/mol. The molecular formula is C19H34N4O3. The SMILES string of the molecule is O=C(O)CN1CCC(N2CCN(CCCC3CCNCC3)C(=O)C2)CC1. The Morgan fingerprint density at radius 1 is 1.08 bits per heavy atom. The molecule has 0 aromatic heterocycles. The van der Waals surface area contributed by atoms with E-state index in [1.165, 1.54) is 19.3 Å². The maximum atomic E-state index is 12.5. The van der Waals surface area contributed by atoms with E-state index >= 15 is 0 Å². The van der Waals surface area contributed by atoms with Gasteiger partial charge in [-0.3, -0.25) is 19.4 Å². The van der Waals surface area contributed by atoms with Crippen molar-refractivity contribution in [1.82, 2.24) is 20.0 Å². The number of amides is 1. The molecule has 7 heteroatoms. The van der Waals surface area contributed by atoms with Crippen LogP contribution in [0.25, 0.3) is 0 Å². The minimum atomic E-state index is -0.753. The standard InChI is InChI=1S/C19H34N4O3/c24-18-14-23(17-5-10-21(11-6-17)15-19(25)26)13-12-22(18)9-1-2-16-3-7-20-8-4-16/h16-17,20H,1-15H2,(H,25,26). The Hall–Kier alpha value is -1.18. The molecule has 1 amide bonds. The summed E-state index contributed by atoms with van der Waals surface area (Å²) in [5.74, 6) is 0.356. The minimum Gasteiger partial charge on any atom is -0.480 e. The number of nitrogens with zero attached hydrogens (tertiary/aromatic N) is 3. The number of carbonyl (C=O) groups is 2. The van der Waals surface area contributed by atoms with Crippen molar-refractivity contribution in [2.45, 2.75) is 44.6 Å². The predicted octanol–water partition coefficient (Wildman–Crippen LogP) is 0.459. The summed E-state index contributed by atoms with van der Waals surface area (Å²) < 4.78 is 0. The Bertz CT molecular complexity index is 473. The molecular weight excluding hydrogens is 332 g/mol. The van der Waals surface area contributed by atoms with Crippen LogP contribution in [0.15, 0.2) is 0 Å². The van der Waals surface area contributed by atoms with E-state index in [1.807, 2.05) is 4.90 Å². The van der Waals surface area contributed by atoms with Crippen LogP contribution in [0.5, 0.6) is 0 Å². The Labute approximate surface area is 156 Å². The minimum absolute atomic E-state index is 0.135. The van der Waals surface area contributed by atoms with Gasteiger partial charge in [0, 0.05) is 38.8 Å². The third-order valence-electron chi connectivity index (χ3n) is 6.28. The zero-order chi connectivity index (χ0) is 18.4. The van der Waals surface area contributed by atoms with Crippen molar-refractivity contribution in [1.29, 1.82) is 0 Å². The van der Waals surface area contributed by atoms with E-state index in [0.29, 0.717) is 12.6 Å². The summed E-state index contributed by atoms with van der Waals surface area (Å²) >= 11 is 0. The molecule has 3 aliphatic heterocycles. The third-order valence-corrected chi connectivity index (χ3v) is 6.28. The van der Waals surface area contributed by atoms with Crippen molar-refractivity contribution < 1.29 is 14.7 Å². The summed E-state index contributed by atoms with van der Waals surface area (Å²) in [6, 6.07) is 0.431. The summed E-state index contributed by atoms with van der Waals surface area (Å²) in [4.78, 5) is 29.7. The van der Waals surface area contributed by atoms with Crippen molar-refractivity contribution in [3.05, 3.63) is 0 Å². The average Bonchev–Trinajstić information content (AvgIpc) is 2.64. The molecule has 0 unspecified atom stereocenters. The average molecular weight is 367 g/mol. The number of carboxylic acid groups (broad SMARTS) is 1.